The van der Waals surface area contributed by atoms with Gasteiger partial charge in [-0.25, -0.2) is 0 Å². The highest BCUT2D eigenvalue weighted by Gasteiger charge is 2.29. The third kappa shape index (κ3) is 5.11. The predicted octanol–water partition coefficient (Wildman–Crippen LogP) is 2.59. The van der Waals surface area contributed by atoms with Crippen LogP contribution in [0.5, 0.6) is 0 Å². The van der Waals surface area contributed by atoms with E-state index in [1.54, 1.807) is 0 Å². The Bertz CT molecular complexity index is 1000. The third-order valence-corrected chi connectivity index (χ3v) is 6.02. The number of fused-ring (bicyclic) bond motifs is 1. The standard InChI is InChI=1S/C24H28N4O3/c25-24(31)21-8-4-12-28(21)15-17-6-1-2-7-19(17)26-22(29)9-3-5-16-10-11-20-18(13-16)14-23(30)27-20/h1-2,6-7,10-11,13,21H,3-5,8-9,12,14-15H2,(H2,25,31)(H,26,29)(H,27,30). The summed E-state index contributed by atoms with van der Waals surface area (Å²) in [5, 5.41) is 5.86. The fraction of sp³-hybridized carbons (Fsp3) is 0.375. The molecule has 7 nitrogen and oxygen atoms in total. The molecule has 1 atom stereocenters. The monoisotopic (exact) mass is 420 g/mol. The molecule has 2 aromatic rings. The van der Waals surface area contributed by atoms with Gasteiger partial charge in [-0.1, -0.05) is 30.3 Å². The van der Waals surface area contributed by atoms with Crippen LogP contribution in [0.25, 0.3) is 0 Å². The van der Waals surface area contributed by atoms with Crippen LogP contribution in [0.15, 0.2) is 42.5 Å². The molecule has 0 radical (unpaired) electrons. The number of rotatable bonds is 8. The molecule has 1 saturated heterocycles. The van der Waals surface area contributed by atoms with E-state index in [-0.39, 0.29) is 23.8 Å². The summed E-state index contributed by atoms with van der Waals surface area (Å²) in [6, 6.07) is 13.5. The molecule has 2 aromatic carbocycles. The molecular formula is C24H28N4O3. The molecule has 2 heterocycles. The Labute approximate surface area is 182 Å². The van der Waals surface area contributed by atoms with Crippen LogP contribution in [0.2, 0.25) is 0 Å². The first kappa shape index (κ1) is 21.1. The molecular weight excluding hydrogens is 392 g/mol. The number of carbonyl (C=O) groups is 3. The summed E-state index contributed by atoms with van der Waals surface area (Å²) in [6.45, 7) is 1.42. The van der Waals surface area contributed by atoms with E-state index in [2.05, 4.69) is 15.5 Å². The molecule has 7 heteroatoms. The summed E-state index contributed by atoms with van der Waals surface area (Å²) in [5.74, 6) is -0.287. The van der Waals surface area contributed by atoms with Crippen LogP contribution < -0.4 is 16.4 Å². The molecule has 1 fully saturated rings. The van der Waals surface area contributed by atoms with Crippen LogP contribution in [-0.4, -0.2) is 35.2 Å². The van der Waals surface area contributed by atoms with E-state index in [1.165, 1.54) is 0 Å². The van der Waals surface area contributed by atoms with Gasteiger partial charge in [-0.05, 0) is 61.1 Å². The zero-order valence-corrected chi connectivity index (χ0v) is 17.5. The Morgan fingerprint density at radius 1 is 1.19 bits per heavy atom. The molecule has 0 bridgehead atoms. The zero-order chi connectivity index (χ0) is 21.8. The summed E-state index contributed by atoms with van der Waals surface area (Å²) in [4.78, 5) is 37.8. The molecule has 0 aliphatic carbocycles. The minimum Gasteiger partial charge on any atom is -0.368 e. The molecule has 162 valence electrons. The van der Waals surface area contributed by atoms with Gasteiger partial charge in [0, 0.05) is 24.3 Å². The normalized spacial score (nSPS) is 17.9. The van der Waals surface area contributed by atoms with Crippen LogP contribution >= 0.6 is 0 Å². The molecule has 0 aromatic heterocycles. The minimum atomic E-state index is -0.286. The summed E-state index contributed by atoms with van der Waals surface area (Å²) < 4.78 is 0. The van der Waals surface area contributed by atoms with Gasteiger partial charge in [0.25, 0.3) is 0 Å². The molecule has 0 spiro atoms. The van der Waals surface area contributed by atoms with E-state index < -0.39 is 0 Å². The van der Waals surface area contributed by atoms with Crippen molar-refractivity contribution >= 4 is 29.1 Å². The van der Waals surface area contributed by atoms with Gasteiger partial charge in [-0.3, -0.25) is 19.3 Å². The SMILES string of the molecule is NC(=O)C1CCCN1Cc1ccccc1NC(=O)CCCc1ccc2c(c1)CC(=O)N2. The first-order chi connectivity index (χ1) is 15.0. The van der Waals surface area contributed by atoms with E-state index >= 15 is 0 Å². The molecule has 2 aliphatic heterocycles. The minimum absolute atomic E-state index is 0.0290. The lowest BCUT2D eigenvalue weighted by Gasteiger charge is -2.23. The second kappa shape index (κ2) is 9.31. The highest BCUT2D eigenvalue weighted by atomic mass is 16.2. The smallest absolute Gasteiger partial charge is 0.234 e. The second-order valence-electron chi connectivity index (χ2n) is 8.31. The van der Waals surface area contributed by atoms with Crippen molar-refractivity contribution in [2.75, 3.05) is 17.2 Å². The fourth-order valence-corrected chi connectivity index (χ4v) is 4.44. The Kier molecular flexibility index (Phi) is 6.32. The predicted molar refractivity (Wildman–Crippen MR) is 119 cm³/mol. The Hall–Kier alpha value is -3.19. The third-order valence-electron chi connectivity index (χ3n) is 6.02. The van der Waals surface area contributed by atoms with Crippen LogP contribution in [0, 0.1) is 0 Å². The molecule has 4 N–H and O–H groups in total. The van der Waals surface area contributed by atoms with Crippen molar-refractivity contribution in [2.24, 2.45) is 5.73 Å². The maximum atomic E-state index is 12.5. The van der Waals surface area contributed by atoms with Crippen LogP contribution in [0.1, 0.15) is 42.4 Å². The number of anilines is 2. The van der Waals surface area contributed by atoms with E-state index in [1.807, 2.05) is 42.5 Å². The average Bonchev–Trinajstić information content (AvgIpc) is 3.34. The van der Waals surface area contributed by atoms with Crippen molar-refractivity contribution in [3.8, 4) is 0 Å². The summed E-state index contributed by atoms with van der Waals surface area (Å²) in [5.41, 5.74) is 10.3. The number of primary amides is 1. The van der Waals surface area contributed by atoms with Crippen molar-refractivity contribution < 1.29 is 14.4 Å². The lowest BCUT2D eigenvalue weighted by molar-refractivity contribution is -0.122. The summed E-state index contributed by atoms with van der Waals surface area (Å²) >= 11 is 0. The number of nitrogens with zero attached hydrogens (tertiary/aromatic N) is 1. The first-order valence-corrected chi connectivity index (χ1v) is 10.8. The summed E-state index contributed by atoms with van der Waals surface area (Å²) in [6.07, 6.45) is 4.09. The van der Waals surface area contributed by atoms with E-state index in [9.17, 15) is 14.4 Å². The van der Waals surface area contributed by atoms with Crippen molar-refractivity contribution in [2.45, 2.75) is 51.1 Å². The van der Waals surface area contributed by atoms with Gasteiger partial charge in [0.05, 0.1) is 12.5 Å². The molecule has 1 unspecified atom stereocenters. The van der Waals surface area contributed by atoms with Crippen molar-refractivity contribution in [3.63, 3.8) is 0 Å². The van der Waals surface area contributed by atoms with Gasteiger partial charge in [0.1, 0.15) is 0 Å². The van der Waals surface area contributed by atoms with Crippen molar-refractivity contribution in [3.05, 3.63) is 59.2 Å². The highest BCUT2D eigenvalue weighted by molar-refractivity contribution is 5.99. The molecule has 4 rings (SSSR count). The topological polar surface area (TPSA) is 105 Å². The summed E-state index contributed by atoms with van der Waals surface area (Å²) in [7, 11) is 0. The second-order valence-corrected chi connectivity index (χ2v) is 8.31. The van der Waals surface area contributed by atoms with E-state index in [0.717, 1.165) is 60.3 Å². The van der Waals surface area contributed by atoms with Crippen molar-refractivity contribution in [1.29, 1.82) is 0 Å². The number of carbonyl (C=O) groups excluding carboxylic acids is 3. The van der Waals surface area contributed by atoms with Crippen molar-refractivity contribution in [1.82, 2.24) is 4.90 Å². The van der Waals surface area contributed by atoms with Gasteiger partial charge >= 0.3 is 0 Å². The molecule has 2 aliphatic rings. The van der Waals surface area contributed by atoms with E-state index in [4.69, 9.17) is 5.73 Å². The lowest BCUT2D eigenvalue weighted by Crippen LogP contribution is -2.39. The number of para-hydroxylation sites is 1. The lowest BCUT2D eigenvalue weighted by atomic mass is 10.0. The Morgan fingerprint density at radius 2 is 2.03 bits per heavy atom. The quantitative estimate of drug-likeness (QED) is 0.610. The molecule has 31 heavy (non-hydrogen) atoms. The van der Waals surface area contributed by atoms with Gasteiger partial charge in [0.15, 0.2) is 0 Å². The Morgan fingerprint density at radius 3 is 2.87 bits per heavy atom. The number of hydrogen-bond acceptors (Lipinski definition) is 4. The maximum Gasteiger partial charge on any atom is 0.234 e. The average molecular weight is 421 g/mol. The number of aryl methyl sites for hydroxylation is 1. The van der Waals surface area contributed by atoms with Crippen LogP contribution in [0.3, 0.4) is 0 Å². The van der Waals surface area contributed by atoms with Gasteiger partial charge in [-0.15, -0.1) is 0 Å². The largest absolute Gasteiger partial charge is 0.368 e. The number of nitrogens with two attached hydrogens (primary N) is 1. The number of amides is 3. The Balaban J connectivity index is 1.30. The first-order valence-electron chi connectivity index (χ1n) is 10.8. The van der Waals surface area contributed by atoms with Gasteiger partial charge in [-0.2, -0.15) is 0 Å². The van der Waals surface area contributed by atoms with E-state index in [0.29, 0.717) is 19.4 Å². The number of hydrogen-bond donors (Lipinski definition) is 3. The molecule has 3 amide bonds. The van der Waals surface area contributed by atoms with Gasteiger partial charge in [0.2, 0.25) is 17.7 Å². The van der Waals surface area contributed by atoms with Crippen LogP contribution in [-0.2, 0) is 33.8 Å². The highest BCUT2D eigenvalue weighted by Crippen LogP contribution is 2.25. The zero-order valence-electron chi connectivity index (χ0n) is 17.5. The number of benzene rings is 2. The number of nitrogens with one attached hydrogen (secondary N) is 2. The fourth-order valence-electron chi connectivity index (χ4n) is 4.44. The van der Waals surface area contributed by atoms with Crippen LogP contribution in [0.4, 0.5) is 11.4 Å². The number of likely N-dealkylation sites (tertiary alicyclic amines) is 1. The molecule has 0 saturated carbocycles. The van der Waals surface area contributed by atoms with Gasteiger partial charge < -0.3 is 16.4 Å². The maximum absolute atomic E-state index is 12.5.